The first-order chi connectivity index (χ1) is 13.0. The molecular formula is C20H17FN4O2. The average molecular weight is 364 g/mol. The highest BCUT2D eigenvalue weighted by atomic mass is 19.1. The minimum absolute atomic E-state index is 0.0470. The van der Waals surface area contributed by atoms with E-state index in [-0.39, 0.29) is 29.8 Å². The van der Waals surface area contributed by atoms with Gasteiger partial charge in [0.1, 0.15) is 11.5 Å². The number of ketones is 1. The Balaban J connectivity index is 1.66. The second-order valence-electron chi connectivity index (χ2n) is 5.80. The lowest BCUT2D eigenvalue weighted by atomic mass is 10.1. The molecule has 7 heteroatoms. The van der Waals surface area contributed by atoms with E-state index in [1.807, 2.05) is 0 Å². The van der Waals surface area contributed by atoms with E-state index in [2.05, 4.69) is 20.6 Å². The molecule has 0 saturated carbocycles. The lowest BCUT2D eigenvalue weighted by Crippen LogP contribution is -2.15. The Morgan fingerprint density at radius 2 is 1.78 bits per heavy atom. The number of nitrogens with one attached hydrogen (secondary N) is 2. The van der Waals surface area contributed by atoms with Crippen LogP contribution in [0.25, 0.3) is 0 Å². The van der Waals surface area contributed by atoms with Gasteiger partial charge in [0.25, 0.3) is 5.91 Å². The molecule has 136 valence electrons. The fourth-order valence-electron chi connectivity index (χ4n) is 2.37. The summed E-state index contributed by atoms with van der Waals surface area (Å²) < 4.78 is 13.7. The number of hydrogen-bond donors (Lipinski definition) is 2. The van der Waals surface area contributed by atoms with Crippen molar-refractivity contribution < 1.29 is 14.0 Å². The smallest absolute Gasteiger partial charge is 0.274 e. The Morgan fingerprint density at radius 3 is 2.48 bits per heavy atom. The summed E-state index contributed by atoms with van der Waals surface area (Å²) in [6, 6.07) is 14.4. The number of anilines is 2. The molecule has 0 aliphatic rings. The van der Waals surface area contributed by atoms with E-state index >= 15 is 0 Å². The van der Waals surface area contributed by atoms with Crippen molar-refractivity contribution in [3.63, 3.8) is 0 Å². The number of hydrogen-bond acceptors (Lipinski definition) is 5. The van der Waals surface area contributed by atoms with Crippen molar-refractivity contribution in [1.82, 2.24) is 9.97 Å². The number of carbonyl (C=O) groups is 2. The van der Waals surface area contributed by atoms with Crippen LogP contribution >= 0.6 is 0 Å². The molecule has 0 bridgehead atoms. The van der Waals surface area contributed by atoms with Crippen LogP contribution in [0.15, 0.2) is 60.8 Å². The lowest BCUT2D eigenvalue weighted by molar-refractivity contribution is 0.101. The maximum absolute atomic E-state index is 13.7. The molecule has 3 rings (SSSR count). The highest BCUT2D eigenvalue weighted by Crippen LogP contribution is 2.12. The maximum atomic E-state index is 13.7. The summed E-state index contributed by atoms with van der Waals surface area (Å²) in [5, 5.41) is 5.61. The van der Waals surface area contributed by atoms with Crippen LogP contribution in [0.2, 0.25) is 0 Å². The van der Waals surface area contributed by atoms with Crippen LogP contribution in [0.4, 0.5) is 16.0 Å². The number of Topliss-reactive ketones (excluding diaryl/α,β-unsaturated/α-hetero) is 1. The largest absolute Gasteiger partial charge is 0.350 e. The maximum Gasteiger partial charge on any atom is 0.274 e. The first-order valence-corrected chi connectivity index (χ1v) is 8.25. The predicted molar refractivity (Wildman–Crippen MR) is 100 cm³/mol. The highest BCUT2D eigenvalue weighted by Gasteiger charge is 2.10. The average Bonchev–Trinajstić information content (AvgIpc) is 2.68. The van der Waals surface area contributed by atoms with Crippen molar-refractivity contribution in [1.29, 1.82) is 0 Å². The summed E-state index contributed by atoms with van der Waals surface area (Å²) in [7, 11) is 0. The van der Waals surface area contributed by atoms with Gasteiger partial charge in [-0.1, -0.05) is 18.2 Å². The number of benzene rings is 2. The molecule has 2 aromatic carbocycles. The Hall–Kier alpha value is -3.61. The van der Waals surface area contributed by atoms with Crippen LogP contribution < -0.4 is 10.6 Å². The van der Waals surface area contributed by atoms with Gasteiger partial charge in [0.15, 0.2) is 5.78 Å². The molecule has 0 spiro atoms. The van der Waals surface area contributed by atoms with Crippen molar-refractivity contribution in [3.05, 3.63) is 83.4 Å². The van der Waals surface area contributed by atoms with Crippen LogP contribution in [0, 0.1) is 5.82 Å². The first-order valence-electron chi connectivity index (χ1n) is 8.25. The summed E-state index contributed by atoms with van der Waals surface area (Å²) in [5.74, 6) is -0.568. The van der Waals surface area contributed by atoms with Gasteiger partial charge in [-0.3, -0.25) is 9.59 Å². The monoisotopic (exact) mass is 364 g/mol. The quantitative estimate of drug-likeness (QED) is 0.652. The molecule has 0 saturated heterocycles. The van der Waals surface area contributed by atoms with Crippen LogP contribution in [0.5, 0.6) is 0 Å². The molecule has 3 aromatic rings. The molecule has 0 aliphatic heterocycles. The van der Waals surface area contributed by atoms with Crippen molar-refractivity contribution in [2.45, 2.75) is 13.5 Å². The SMILES string of the molecule is CC(=O)c1ccc(NC(=O)c2ccnc(NCc3ccccc3F)n2)cc1. The number of halogens is 1. The molecule has 0 unspecified atom stereocenters. The third-order valence-electron chi connectivity index (χ3n) is 3.83. The molecule has 6 nitrogen and oxygen atoms in total. The van der Waals surface area contributed by atoms with E-state index in [1.54, 1.807) is 42.5 Å². The second-order valence-corrected chi connectivity index (χ2v) is 5.80. The Labute approximate surface area is 155 Å². The van der Waals surface area contributed by atoms with E-state index in [0.29, 0.717) is 16.8 Å². The van der Waals surface area contributed by atoms with Gasteiger partial charge in [0.2, 0.25) is 5.95 Å². The molecule has 1 amide bonds. The standard InChI is InChI=1S/C20H17FN4O2/c1-13(26)14-6-8-16(9-7-14)24-19(27)18-10-11-22-20(25-18)23-12-15-4-2-3-5-17(15)21/h2-11H,12H2,1H3,(H,24,27)(H,22,23,25). The van der Waals surface area contributed by atoms with Gasteiger partial charge in [-0.05, 0) is 43.3 Å². The number of rotatable bonds is 6. The third kappa shape index (κ3) is 4.72. The summed E-state index contributed by atoms with van der Waals surface area (Å²) in [6.07, 6.45) is 1.45. The third-order valence-corrected chi connectivity index (χ3v) is 3.83. The van der Waals surface area contributed by atoms with E-state index in [0.717, 1.165) is 0 Å². The zero-order valence-electron chi connectivity index (χ0n) is 14.6. The molecule has 1 heterocycles. The molecule has 0 fully saturated rings. The second kappa shape index (κ2) is 8.18. The molecule has 2 N–H and O–H groups in total. The minimum atomic E-state index is -0.415. The molecule has 1 aromatic heterocycles. The van der Waals surface area contributed by atoms with Gasteiger partial charge >= 0.3 is 0 Å². The zero-order chi connectivity index (χ0) is 19.2. The van der Waals surface area contributed by atoms with Crippen LogP contribution in [-0.4, -0.2) is 21.7 Å². The van der Waals surface area contributed by atoms with Crippen LogP contribution in [0.3, 0.4) is 0 Å². The predicted octanol–water partition coefficient (Wildman–Crippen LogP) is 3.68. The topological polar surface area (TPSA) is 84.0 Å². The highest BCUT2D eigenvalue weighted by molar-refractivity contribution is 6.03. The fraction of sp³-hybridized carbons (Fsp3) is 0.100. The van der Waals surface area contributed by atoms with Crippen molar-refractivity contribution in [2.24, 2.45) is 0 Å². The van der Waals surface area contributed by atoms with E-state index < -0.39 is 5.91 Å². The van der Waals surface area contributed by atoms with Gasteiger partial charge in [0, 0.05) is 29.6 Å². The van der Waals surface area contributed by atoms with Crippen molar-refractivity contribution in [2.75, 3.05) is 10.6 Å². The fourth-order valence-corrected chi connectivity index (χ4v) is 2.37. The van der Waals surface area contributed by atoms with Gasteiger partial charge in [-0.2, -0.15) is 0 Å². The summed E-state index contributed by atoms with van der Waals surface area (Å²) in [5.41, 5.74) is 1.75. The molecular weight excluding hydrogens is 347 g/mol. The van der Waals surface area contributed by atoms with E-state index in [4.69, 9.17) is 0 Å². The lowest BCUT2D eigenvalue weighted by Gasteiger charge is -2.08. The summed E-state index contributed by atoms with van der Waals surface area (Å²) in [6.45, 7) is 1.68. The van der Waals surface area contributed by atoms with Crippen molar-refractivity contribution >= 4 is 23.3 Å². The first kappa shape index (κ1) is 18.2. The zero-order valence-corrected chi connectivity index (χ0v) is 14.6. The Morgan fingerprint density at radius 1 is 1.04 bits per heavy atom. The van der Waals surface area contributed by atoms with Gasteiger partial charge < -0.3 is 10.6 Å². The number of nitrogens with zero attached hydrogens (tertiary/aromatic N) is 2. The normalized spacial score (nSPS) is 10.3. The number of amides is 1. The van der Waals surface area contributed by atoms with Gasteiger partial charge in [-0.25, -0.2) is 14.4 Å². The number of carbonyl (C=O) groups excluding carboxylic acids is 2. The van der Waals surface area contributed by atoms with E-state index in [1.165, 1.54) is 25.3 Å². The molecule has 0 atom stereocenters. The summed E-state index contributed by atoms with van der Waals surface area (Å²) in [4.78, 5) is 31.8. The minimum Gasteiger partial charge on any atom is -0.350 e. The van der Waals surface area contributed by atoms with Crippen LogP contribution in [0.1, 0.15) is 33.3 Å². The molecule has 0 aliphatic carbocycles. The molecule has 27 heavy (non-hydrogen) atoms. The van der Waals surface area contributed by atoms with E-state index in [9.17, 15) is 14.0 Å². The van der Waals surface area contributed by atoms with Gasteiger partial charge in [0.05, 0.1) is 0 Å². The molecule has 0 radical (unpaired) electrons. The Kier molecular flexibility index (Phi) is 5.51. The van der Waals surface area contributed by atoms with Crippen LogP contribution in [-0.2, 0) is 6.54 Å². The number of aromatic nitrogens is 2. The van der Waals surface area contributed by atoms with Gasteiger partial charge in [-0.15, -0.1) is 0 Å². The Bertz CT molecular complexity index is 974. The summed E-state index contributed by atoms with van der Waals surface area (Å²) >= 11 is 0. The van der Waals surface area contributed by atoms with Crippen molar-refractivity contribution in [3.8, 4) is 0 Å².